The first-order valence-electron chi connectivity index (χ1n) is 15.2. The number of benzene rings is 1. The Morgan fingerprint density at radius 3 is 2.04 bits per heavy atom. The second kappa shape index (κ2) is 14.5. The normalized spacial score (nSPS) is 16.6. The predicted octanol–water partition coefficient (Wildman–Crippen LogP) is 5.59. The fourth-order valence-electron chi connectivity index (χ4n) is 6.50. The maximum Gasteiger partial charge on any atom is 0.490 e. The lowest BCUT2D eigenvalue weighted by atomic mass is 9.84. The molecule has 1 aromatic carbocycles. The summed E-state index contributed by atoms with van der Waals surface area (Å²) in [7, 11) is 4.30. The van der Waals surface area contributed by atoms with Gasteiger partial charge in [-0.25, -0.2) is 4.79 Å². The molecular formula is C33H44F3N5O5. The first-order valence-corrected chi connectivity index (χ1v) is 15.2. The summed E-state index contributed by atoms with van der Waals surface area (Å²) in [5.74, 6) is -2.56. The molecule has 252 valence electrons. The Bertz CT molecular complexity index is 1620. The van der Waals surface area contributed by atoms with Crippen molar-refractivity contribution in [2.24, 2.45) is 5.73 Å². The van der Waals surface area contributed by atoms with Crippen LogP contribution in [-0.2, 0) is 11.2 Å². The summed E-state index contributed by atoms with van der Waals surface area (Å²) in [4.78, 5) is 42.7. The van der Waals surface area contributed by atoms with Crippen molar-refractivity contribution in [3.63, 3.8) is 0 Å². The molecule has 0 saturated heterocycles. The Hall–Kier alpha value is -4.13. The molecule has 0 bridgehead atoms. The van der Waals surface area contributed by atoms with Crippen LogP contribution in [0.15, 0.2) is 21.5 Å². The fraction of sp³-hybridized carbons (Fsp3) is 0.515. The summed E-state index contributed by atoms with van der Waals surface area (Å²) in [6.07, 6.45) is -0.320. The number of rotatable bonds is 8. The van der Waals surface area contributed by atoms with Crippen LogP contribution in [0.1, 0.15) is 82.4 Å². The summed E-state index contributed by atoms with van der Waals surface area (Å²) in [5.41, 5.74) is 14.1. The number of aliphatic carboxylic acids is 1. The van der Waals surface area contributed by atoms with Gasteiger partial charge in [-0.15, -0.1) is 0 Å². The highest BCUT2D eigenvalue weighted by atomic mass is 19.4. The van der Waals surface area contributed by atoms with Gasteiger partial charge in [-0.05, 0) is 116 Å². The fourth-order valence-corrected chi connectivity index (χ4v) is 6.50. The highest BCUT2D eigenvalue weighted by Gasteiger charge is 2.38. The molecule has 10 nitrogen and oxygen atoms in total. The monoisotopic (exact) mass is 647 g/mol. The van der Waals surface area contributed by atoms with Gasteiger partial charge < -0.3 is 30.1 Å². The standard InChI is InChI=1S/C31H43N5O3.C2HF3O2/c1-9-36(23-12-10-22(11-13-23)35(7)8)29-19(4)25(30(32)37)16-26(28-20(5)34-39-21(28)6)27(29)15-24-17(2)14-18(3)33-31(24)38;3-2(4,5)1(6)7/h14,16,22-23H,9-13,15H2,1-8H3,(H2,32,37)(H,33,38);(H,6,7). The molecule has 2 heterocycles. The molecule has 4 rings (SSSR count). The number of alkyl halides is 3. The largest absolute Gasteiger partial charge is 0.490 e. The molecule has 0 aliphatic heterocycles. The number of carbonyl (C=O) groups excluding carboxylic acids is 1. The molecule has 1 saturated carbocycles. The Balaban J connectivity index is 0.000000738. The van der Waals surface area contributed by atoms with E-state index in [9.17, 15) is 22.8 Å². The number of halogens is 3. The van der Waals surface area contributed by atoms with Crippen molar-refractivity contribution >= 4 is 17.6 Å². The molecule has 1 fully saturated rings. The molecule has 1 aliphatic rings. The minimum Gasteiger partial charge on any atom is -0.475 e. The lowest BCUT2D eigenvalue weighted by Crippen LogP contribution is -2.43. The van der Waals surface area contributed by atoms with E-state index in [2.05, 4.69) is 41.0 Å². The number of primary amides is 1. The van der Waals surface area contributed by atoms with Crippen molar-refractivity contribution in [1.29, 1.82) is 0 Å². The minimum absolute atomic E-state index is 0.0886. The van der Waals surface area contributed by atoms with E-state index in [4.69, 9.17) is 20.2 Å². The first kappa shape index (κ1) is 36.3. The number of pyridine rings is 1. The van der Waals surface area contributed by atoms with E-state index in [1.807, 2.05) is 46.8 Å². The van der Waals surface area contributed by atoms with Crippen LogP contribution in [0.2, 0.25) is 0 Å². The van der Waals surface area contributed by atoms with E-state index < -0.39 is 18.1 Å². The number of nitrogens with zero attached hydrogens (tertiary/aromatic N) is 3. The highest BCUT2D eigenvalue weighted by Crippen LogP contribution is 2.42. The number of hydrogen-bond donors (Lipinski definition) is 3. The van der Waals surface area contributed by atoms with Gasteiger partial charge in [0.25, 0.3) is 5.56 Å². The number of aryl methyl sites for hydroxylation is 4. The number of amides is 1. The Morgan fingerprint density at radius 2 is 1.61 bits per heavy atom. The number of anilines is 1. The van der Waals surface area contributed by atoms with Crippen LogP contribution in [0, 0.1) is 34.6 Å². The maximum absolute atomic E-state index is 13.2. The summed E-state index contributed by atoms with van der Waals surface area (Å²) in [6.45, 7) is 12.6. The first-order chi connectivity index (χ1) is 21.4. The van der Waals surface area contributed by atoms with Gasteiger partial charge in [-0.3, -0.25) is 9.59 Å². The van der Waals surface area contributed by atoms with E-state index in [0.717, 1.165) is 77.1 Å². The van der Waals surface area contributed by atoms with Crippen LogP contribution in [0.25, 0.3) is 11.1 Å². The van der Waals surface area contributed by atoms with E-state index in [-0.39, 0.29) is 5.56 Å². The average molecular weight is 648 g/mol. The topological polar surface area (TPSA) is 146 Å². The van der Waals surface area contributed by atoms with Crippen molar-refractivity contribution in [2.75, 3.05) is 25.5 Å². The zero-order chi connectivity index (χ0) is 34.7. The SMILES string of the molecule is CCN(c1c(C)c(C(N)=O)cc(-c2c(C)noc2C)c1Cc1c(C)cc(C)[nH]c1=O)C1CCC(N(C)C)CC1.O=C(O)C(F)(F)F. The number of carbonyl (C=O) groups is 2. The molecule has 1 aliphatic carbocycles. The smallest absolute Gasteiger partial charge is 0.475 e. The van der Waals surface area contributed by atoms with Gasteiger partial charge in [-0.2, -0.15) is 13.2 Å². The lowest BCUT2D eigenvalue weighted by Gasteiger charge is -2.41. The molecule has 0 unspecified atom stereocenters. The summed E-state index contributed by atoms with van der Waals surface area (Å²) < 4.78 is 37.3. The third-order valence-electron chi connectivity index (χ3n) is 8.78. The van der Waals surface area contributed by atoms with Gasteiger partial charge in [-0.1, -0.05) is 5.16 Å². The molecule has 46 heavy (non-hydrogen) atoms. The molecule has 2 aromatic heterocycles. The number of aromatic nitrogens is 2. The summed E-state index contributed by atoms with van der Waals surface area (Å²) in [5, 5.41) is 11.3. The van der Waals surface area contributed by atoms with Crippen LogP contribution in [-0.4, -0.2) is 70.9 Å². The van der Waals surface area contributed by atoms with E-state index in [0.29, 0.717) is 35.4 Å². The van der Waals surface area contributed by atoms with Gasteiger partial charge in [0.05, 0.1) is 5.69 Å². The molecule has 0 spiro atoms. The molecule has 1 amide bonds. The van der Waals surface area contributed by atoms with Gasteiger partial charge >= 0.3 is 12.1 Å². The molecule has 4 N–H and O–H groups in total. The van der Waals surface area contributed by atoms with Gasteiger partial charge in [0.2, 0.25) is 5.91 Å². The molecule has 0 atom stereocenters. The highest BCUT2D eigenvalue weighted by molar-refractivity contribution is 5.99. The van der Waals surface area contributed by atoms with Crippen LogP contribution in [0.3, 0.4) is 0 Å². The summed E-state index contributed by atoms with van der Waals surface area (Å²) in [6, 6.07) is 4.78. The third-order valence-corrected chi connectivity index (χ3v) is 8.78. The number of carboxylic acids is 1. The van der Waals surface area contributed by atoms with Crippen molar-refractivity contribution < 1.29 is 32.4 Å². The van der Waals surface area contributed by atoms with Crippen LogP contribution in [0.5, 0.6) is 0 Å². The Kier molecular flexibility index (Phi) is 11.5. The van der Waals surface area contributed by atoms with Gasteiger partial charge in [0.1, 0.15) is 5.76 Å². The van der Waals surface area contributed by atoms with Crippen molar-refractivity contribution in [3.8, 4) is 11.1 Å². The summed E-state index contributed by atoms with van der Waals surface area (Å²) >= 11 is 0. The number of carboxylic acid groups (broad SMARTS) is 1. The number of H-pyrrole nitrogens is 1. The zero-order valence-electron chi connectivity index (χ0n) is 27.7. The van der Waals surface area contributed by atoms with E-state index >= 15 is 0 Å². The predicted molar refractivity (Wildman–Crippen MR) is 170 cm³/mol. The van der Waals surface area contributed by atoms with Gasteiger partial charge in [0.15, 0.2) is 0 Å². The molecule has 3 aromatic rings. The Morgan fingerprint density at radius 1 is 1.04 bits per heavy atom. The van der Waals surface area contributed by atoms with E-state index in [1.54, 1.807) is 0 Å². The maximum atomic E-state index is 13.2. The van der Waals surface area contributed by atoms with Crippen LogP contribution < -0.4 is 16.2 Å². The average Bonchev–Trinajstić information content (AvgIpc) is 3.29. The van der Waals surface area contributed by atoms with Gasteiger partial charge in [0, 0.05) is 53.1 Å². The lowest BCUT2D eigenvalue weighted by molar-refractivity contribution is -0.192. The van der Waals surface area contributed by atoms with E-state index in [1.165, 1.54) is 0 Å². The molecular weight excluding hydrogens is 603 g/mol. The number of aromatic amines is 1. The zero-order valence-corrected chi connectivity index (χ0v) is 27.7. The number of nitrogens with one attached hydrogen (secondary N) is 1. The number of nitrogens with two attached hydrogens (primary N) is 1. The minimum atomic E-state index is -5.08. The second-order valence-corrected chi connectivity index (χ2v) is 12.1. The molecule has 0 radical (unpaired) electrons. The van der Waals surface area contributed by atoms with Crippen LogP contribution >= 0.6 is 0 Å². The second-order valence-electron chi connectivity index (χ2n) is 12.1. The Labute approximate surface area is 266 Å². The third kappa shape index (κ3) is 7.98. The van der Waals surface area contributed by atoms with Crippen molar-refractivity contribution in [2.45, 2.75) is 91.9 Å². The van der Waals surface area contributed by atoms with Crippen LogP contribution in [0.4, 0.5) is 18.9 Å². The number of hydrogen-bond acceptors (Lipinski definition) is 7. The van der Waals surface area contributed by atoms with Crippen molar-refractivity contribution in [3.05, 3.63) is 67.5 Å². The quantitative estimate of drug-likeness (QED) is 0.287. The molecule has 13 heteroatoms. The van der Waals surface area contributed by atoms with Crippen molar-refractivity contribution in [1.82, 2.24) is 15.0 Å².